The van der Waals surface area contributed by atoms with Gasteiger partial charge in [0.1, 0.15) is 23.2 Å². The van der Waals surface area contributed by atoms with Crippen molar-refractivity contribution >= 4 is 22.8 Å². The molecule has 0 aliphatic carbocycles. The van der Waals surface area contributed by atoms with Crippen LogP contribution in [-0.4, -0.2) is 62.9 Å². The zero-order valence-corrected chi connectivity index (χ0v) is 23.7. The van der Waals surface area contributed by atoms with Gasteiger partial charge in [-0.1, -0.05) is 19.9 Å². The molecule has 0 aliphatic rings. The fraction of sp³-hybridized carbons (Fsp3) is 0.379. The first-order chi connectivity index (χ1) is 19.7. The van der Waals surface area contributed by atoms with Gasteiger partial charge in [-0.15, -0.1) is 0 Å². The Kier molecular flexibility index (Phi) is 8.44. The van der Waals surface area contributed by atoms with Crippen LogP contribution in [0.2, 0.25) is 0 Å². The van der Waals surface area contributed by atoms with E-state index in [0.717, 1.165) is 12.1 Å². The number of nitrogens with one attached hydrogen (secondary N) is 1. The number of hydrogen-bond donors (Lipinski definition) is 2. The van der Waals surface area contributed by atoms with Gasteiger partial charge in [-0.3, -0.25) is 0 Å². The van der Waals surface area contributed by atoms with E-state index >= 15 is 0 Å². The molecule has 42 heavy (non-hydrogen) atoms. The van der Waals surface area contributed by atoms with Crippen molar-refractivity contribution in [2.75, 3.05) is 25.6 Å². The van der Waals surface area contributed by atoms with Crippen molar-refractivity contribution in [3.63, 3.8) is 0 Å². The lowest BCUT2D eigenvalue weighted by Crippen LogP contribution is -2.53. The predicted octanol–water partition coefficient (Wildman–Crippen LogP) is 5.52. The maximum absolute atomic E-state index is 14.4. The molecule has 2 N–H and O–H groups in total. The van der Waals surface area contributed by atoms with Crippen LogP contribution >= 0.6 is 0 Å². The van der Waals surface area contributed by atoms with Crippen molar-refractivity contribution in [3.8, 4) is 11.4 Å². The van der Waals surface area contributed by atoms with Gasteiger partial charge in [-0.05, 0) is 62.1 Å². The predicted molar refractivity (Wildman–Crippen MR) is 147 cm³/mol. The normalized spacial score (nSPS) is 13.6. The number of hydrogen-bond acceptors (Lipinski definition) is 8. The average Bonchev–Trinajstić information content (AvgIpc) is 3.35. The molecule has 1 atom stereocenters. The van der Waals surface area contributed by atoms with E-state index in [1.165, 1.54) is 37.9 Å². The molecule has 0 aliphatic heterocycles. The van der Waals surface area contributed by atoms with E-state index in [2.05, 4.69) is 20.4 Å². The van der Waals surface area contributed by atoms with Crippen LogP contribution in [0.25, 0.3) is 16.7 Å². The van der Waals surface area contributed by atoms with Gasteiger partial charge in [-0.2, -0.15) is 18.3 Å². The second-order valence-electron chi connectivity index (χ2n) is 10.5. The number of benzene rings is 2. The van der Waals surface area contributed by atoms with Crippen LogP contribution in [0.15, 0.2) is 48.7 Å². The molecule has 2 heterocycles. The molecule has 0 amide bonds. The molecule has 4 rings (SSSR count). The summed E-state index contributed by atoms with van der Waals surface area (Å²) in [5, 5.41) is 18.3. The van der Waals surface area contributed by atoms with E-state index in [9.17, 15) is 27.5 Å². The Labute approximate surface area is 239 Å². The number of ether oxygens (including phenoxy) is 2. The van der Waals surface area contributed by atoms with Crippen LogP contribution in [0.3, 0.4) is 0 Å². The minimum atomic E-state index is -5.06. The highest BCUT2D eigenvalue weighted by Crippen LogP contribution is 2.44. The summed E-state index contributed by atoms with van der Waals surface area (Å²) in [7, 11) is 1.33. The van der Waals surface area contributed by atoms with Crippen LogP contribution < -0.4 is 10.1 Å². The number of rotatable bonds is 10. The van der Waals surface area contributed by atoms with Crippen LogP contribution in [0, 0.1) is 12.7 Å². The molecule has 9 nitrogen and oxygen atoms in total. The fourth-order valence-electron chi connectivity index (χ4n) is 4.85. The molecule has 2 aromatic carbocycles. The van der Waals surface area contributed by atoms with E-state index in [0.29, 0.717) is 5.69 Å². The van der Waals surface area contributed by atoms with Crippen molar-refractivity contribution in [2.24, 2.45) is 0 Å². The van der Waals surface area contributed by atoms with Gasteiger partial charge >= 0.3 is 12.1 Å². The molecule has 0 spiro atoms. The lowest BCUT2D eigenvalue weighted by atomic mass is 9.74. The highest BCUT2D eigenvalue weighted by Gasteiger charge is 2.56. The standard InChI is InChI=1S/C29H31F4N5O4/c1-6-42-26(39)18-8-7-9-20(12-18)38-25-21(14-35-38)24(36-17(2)37-25)34-16-28(40,29(31,32)33)15-27(3,4)22-13-19(30)10-11-23(22)41-5/h7-14,40H,6,15-16H2,1-5H3,(H,34,36,37). The number of halogens is 4. The summed E-state index contributed by atoms with van der Waals surface area (Å²) in [5.41, 5.74) is -3.40. The Balaban J connectivity index is 1.68. The molecule has 2 aromatic heterocycles. The van der Waals surface area contributed by atoms with Crippen molar-refractivity contribution in [1.29, 1.82) is 0 Å². The second kappa shape index (κ2) is 11.6. The largest absolute Gasteiger partial charge is 0.496 e. The van der Waals surface area contributed by atoms with Crippen LogP contribution in [0.5, 0.6) is 5.75 Å². The van der Waals surface area contributed by atoms with E-state index in [4.69, 9.17) is 9.47 Å². The summed E-state index contributed by atoms with van der Waals surface area (Å²) >= 11 is 0. The van der Waals surface area contributed by atoms with E-state index in [-0.39, 0.29) is 46.2 Å². The molecule has 224 valence electrons. The summed E-state index contributed by atoms with van der Waals surface area (Å²) in [6.45, 7) is 5.44. The third kappa shape index (κ3) is 6.15. The van der Waals surface area contributed by atoms with Crippen LogP contribution in [0.1, 0.15) is 48.9 Å². The number of aryl methyl sites for hydroxylation is 1. The van der Waals surface area contributed by atoms with Crippen LogP contribution in [-0.2, 0) is 10.2 Å². The minimum Gasteiger partial charge on any atom is -0.496 e. The summed E-state index contributed by atoms with van der Waals surface area (Å²) in [6, 6.07) is 10.0. The molecule has 0 saturated heterocycles. The Morgan fingerprint density at radius 2 is 1.86 bits per heavy atom. The Hall–Kier alpha value is -4.26. The molecule has 0 fully saturated rings. The van der Waals surface area contributed by atoms with Gasteiger partial charge in [0.05, 0.1) is 43.1 Å². The smallest absolute Gasteiger partial charge is 0.418 e. The summed E-state index contributed by atoms with van der Waals surface area (Å²) in [5.74, 6) is -0.709. The number of aromatic nitrogens is 4. The third-order valence-corrected chi connectivity index (χ3v) is 6.84. The molecular formula is C29H31F4N5O4. The van der Waals surface area contributed by atoms with Crippen molar-refractivity contribution in [3.05, 3.63) is 71.4 Å². The molecular weight excluding hydrogens is 558 g/mol. The van der Waals surface area contributed by atoms with E-state index in [1.54, 1.807) is 38.1 Å². The SMILES string of the molecule is CCOC(=O)c1cccc(-n2ncc3c(NCC(O)(CC(C)(C)c4cc(F)ccc4OC)C(F)(F)F)nc(C)nc32)c1. The minimum absolute atomic E-state index is 0.0223. The highest BCUT2D eigenvalue weighted by molar-refractivity contribution is 5.91. The molecule has 0 bridgehead atoms. The first-order valence-corrected chi connectivity index (χ1v) is 13.1. The first kappa shape index (κ1) is 30.7. The Bertz CT molecular complexity index is 1600. The van der Waals surface area contributed by atoms with Gasteiger partial charge in [0.25, 0.3) is 0 Å². The number of alkyl halides is 3. The van der Waals surface area contributed by atoms with Gasteiger partial charge in [0.15, 0.2) is 11.2 Å². The maximum Gasteiger partial charge on any atom is 0.418 e. The summed E-state index contributed by atoms with van der Waals surface area (Å²) < 4.78 is 69.0. The maximum atomic E-state index is 14.4. The number of fused-ring (bicyclic) bond motifs is 1. The quantitative estimate of drug-likeness (QED) is 0.184. The first-order valence-electron chi connectivity index (χ1n) is 13.1. The number of esters is 1. The van der Waals surface area contributed by atoms with E-state index < -0.39 is 41.9 Å². The van der Waals surface area contributed by atoms with Gasteiger partial charge < -0.3 is 19.9 Å². The number of methoxy groups -OCH3 is 1. The molecule has 0 radical (unpaired) electrons. The summed E-state index contributed by atoms with van der Waals surface area (Å²) in [4.78, 5) is 20.9. The number of nitrogens with zero attached hydrogens (tertiary/aromatic N) is 4. The lowest BCUT2D eigenvalue weighted by Gasteiger charge is -2.38. The Morgan fingerprint density at radius 1 is 1.12 bits per heavy atom. The van der Waals surface area contributed by atoms with Gasteiger partial charge in [0, 0.05) is 5.56 Å². The van der Waals surface area contributed by atoms with Crippen molar-refractivity contribution in [1.82, 2.24) is 19.7 Å². The van der Waals surface area contributed by atoms with Crippen molar-refractivity contribution in [2.45, 2.75) is 51.3 Å². The Morgan fingerprint density at radius 3 is 2.52 bits per heavy atom. The lowest BCUT2D eigenvalue weighted by molar-refractivity contribution is -0.260. The van der Waals surface area contributed by atoms with Gasteiger partial charge in [0.2, 0.25) is 0 Å². The third-order valence-electron chi connectivity index (χ3n) is 6.84. The highest BCUT2D eigenvalue weighted by atomic mass is 19.4. The molecule has 0 saturated carbocycles. The topological polar surface area (TPSA) is 111 Å². The average molecular weight is 590 g/mol. The number of carbonyl (C=O) groups is 1. The van der Waals surface area contributed by atoms with Crippen LogP contribution in [0.4, 0.5) is 23.4 Å². The zero-order chi connectivity index (χ0) is 30.9. The van der Waals surface area contributed by atoms with Crippen molar-refractivity contribution < 1.29 is 36.9 Å². The monoisotopic (exact) mass is 589 g/mol. The zero-order valence-electron chi connectivity index (χ0n) is 23.7. The van der Waals surface area contributed by atoms with Gasteiger partial charge in [-0.25, -0.2) is 23.8 Å². The molecule has 4 aromatic rings. The summed E-state index contributed by atoms with van der Waals surface area (Å²) in [6.07, 6.45) is -4.50. The number of anilines is 1. The number of carbonyl (C=O) groups excluding carboxylic acids is 1. The second-order valence-corrected chi connectivity index (χ2v) is 10.5. The number of aliphatic hydroxyl groups is 1. The molecule has 13 heteroatoms. The molecule has 1 unspecified atom stereocenters. The van der Waals surface area contributed by atoms with E-state index in [1.807, 2.05) is 0 Å². The fourth-order valence-corrected chi connectivity index (χ4v) is 4.85.